The Bertz CT molecular complexity index is 450. The molecule has 1 aliphatic rings. The highest BCUT2D eigenvalue weighted by molar-refractivity contribution is 7.99. The average Bonchev–Trinajstić information content (AvgIpc) is 2.46. The van der Waals surface area contributed by atoms with Crippen LogP contribution in [0.2, 0.25) is 0 Å². The Labute approximate surface area is 123 Å². The van der Waals surface area contributed by atoms with Crippen molar-refractivity contribution in [3.8, 4) is 0 Å². The van der Waals surface area contributed by atoms with Crippen LogP contribution in [0.4, 0.5) is 17.8 Å². The SMILES string of the molecule is CSC(C)(C)CNc1nc(N)nc(N2CCOCC2)n1. The molecule has 2 rings (SSSR count). The summed E-state index contributed by atoms with van der Waals surface area (Å²) in [5.41, 5.74) is 5.77. The van der Waals surface area contributed by atoms with Crippen LogP contribution in [0.3, 0.4) is 0 Å². The van der Waals surface area contributed by atoms with Crippen molar-refractivity contribution in [3.63, 3.8) is 0 Å². The Morgan fingerprint density at radius 2 is 2.00 bits per heavy atom. The first-order valence-electron chi connectivity index (χ1n) is 6.63. The standard InChI is InChI=1S/C12H22N6OS/c1-12(2,20-3)8-14-10-15-9(13)16-11(17-10)18-4-6-19-7-5-18/h4-8H2,1-3H3,(H3,13,14,15,16,17). The van der Waals surface area contributed by atoms with Crippen LogP contribution in [-0.4, -0.2) is 58.8 Å². The van der Waals surface area contributed by atoms with Gasteiger partial charge < -0.3 is 20.7 Å². The van der Waals surface area contributed by atoms with Gasteiger partial charge in [0.1, 0.15) is 0 Å². The second-order valence-electron chi connectivity index (χ2n) is 5.23. The van der Waals surface area contributed by atoms with Crippen LogP contribution in [0, 0.1) is 0 Å². The van der Waals surface area contributed by atoms with Crippen LogP contribution in [0.25, 0.3) is 0 Å². The molecule has 0 atom stereocenters. The first-order valence-corrected chi connectivity index (χ1v) is 7.86. The third-order valence-corrected chi connectivity index (χ3v) is 4.41. The van der Waals surface area contributed by atoms with Crippen LogP contribution >= 0.6 is 11.8 Å². The Kier molecular flexibility index (Phi) is 4.87. The highest BCUT2D eigenvalue weighted by Crippen LogP contribution is 2.21. The topological polar surface area (TPSA) is 89.2 Å². The molecule has 1 saturated heterocycles. The van der Waals surface area contributed by atoms with Crippen molar-refractivity contribution in [1.82, 2.24) is 15.0 Å². The molecule has 1 aromatic heterocycles. The zero-order valence-corrected chi connectivity index (χ0v) is 13.0. The number of thioether (sulfide) groups is 1. The van der Waals surface area contributed by atoms with E-state index in [0.717, 1.165) is 19.6 Å². The quantitative estimate of drug-likeness (QED) is 0.827. The van der Waals surface area contributed by atoms with Crippen molar-refractivity contribution < 1.29 is 4.74 Å². The van der Waals surface area contributed by atoms with E-state index in [1.54, 1.807) is 11.8 Å². The Balaban J connectivity index is 2.08. The maximum atomic E-state index is 5.77. The fraction of sp³-hybridized carbons (Fsp3) is 0.750. The summed E-state index contributed by atoms with van der Waals surface area (Å²) in [5, 5.41) is 3.24. The number of nitrogen functional groups attached to an aromatic ring is 1. The third kappa shape index (κ3) is 4.11. The van der Waals surface area contributed by atoms with E-state index >= 15 is 0 Å². The minimum atomic E-state index is 0.112. The molecule has 112 valence electrons. The molecule has 1 aliphatic heterocycles. The molecule has 7 nitrogen and oxygen atoms in total. The minimum absolute atomic E-state index is 0.112. The molecule has 3 N–H and O–H groups in total. The van der Waals surface area contributed by atoms with Crippen molar-refractivity contribution in [2.45, 2.75) is 18.6 Å². The maximum Gasteiger partial charge on any atom is 0.232 e. The summed E-state index contributed by atoms with van der Waals surface area (Å²) < 4.78 is 5.44. The lowest BCUT2D eigenvalue weighted by Crippen LogP contribution is -2.37. The Morgan fingerprint density at radius 1 is 1.30 bits per heavy atom. The molecule has 1 aromatic rings. The van der Waals surface area contributed by atoms with Gasteiger partial charge in [0.15, 0.2) is 0 Å². The number of nitrogens with zero attached hydrogens (tertiary/aromatic N) is 4. The van der Waals surface area contributed by atoms with Gasteiger partial charge in [0.05, 0.1) is 13.2 Å². The maximum absolute atomic E-state index is 5.77. The van der Waals surface area contributed by atoms with E-state index in [1.807, 2.05) is 0 Å². The molecule has 0 unspecified atom stereocenters. The summed E-state index contributed by atoms with van der Waals surface area (Å²) in [5.74, 6) is 1.39. The number of hydrogen-bond acceptors (Lipinski definition) is 8. The summed E-state index contributed by atoms with van der Waals surface area (Å²) in [7, 11) is 0. The van der Waals surface area contributed by atoms with Crippen LogP contribution in [-0.2, 0) is 4.74 Å². The number of nitrogens with two attached hydrogens (primary N) is 1. The number of nitrogens with one attached hydrogen (secondary N) is 1. The van der Waals surface area contributed by atoms with Gasteiger partial charge in [0.2, 0.25) is 17.8 Å². The highest BCUT2D eigenvalue weighted by Gasteiger charge is 2.18. The second-order valence-corrected chi connectivity index (χ2v) is 6.75. The van der Waals surface area contributed by atoms with E-state index in [0.29, 0.717) is 25.1 Å². The molecule has 0 radical (unpaired) electrons. The smallest absolute Gasteiger partial charge is 0.232 e. The molecule has 0 aromatic carbocycles. The molecular weight excluding hydrogens is 276 g/mol. The molecular formula is C12H22N6OS. The number of rotatable bonds is 5. The first kappa shape index (κ1) is 15.1. The third-order valence-electron chi connectivity index (χ3n) is 3.16. The molecule has 0 spiro atoms. The lowest BCUT2D eigenvalue weighted by Gasteiger charge is -2.27. The highest BCUT2D eigenvalue weighted by atomic mass is 32.2. The Hall–Kier alpha value is -1.28. The van der Waals surface area contributed by atoms with E-state index in [1.165, 1.54) is 0 Å². The van der Waals surface area contributed by atoms with Gasteiger partial charge in [-0.25, -0.2) is 0 Å². The summed E-state index contributed by atoms with van der Waals surface area (Å²) >= 11 is 1.79. The molecule has 2 heterocycles. The van der Waals surface area contributed by atoms with Crippen LogP contribution in [0.1, 0.15) is 13.8 Å². The molecule has 0 amide bonds. The molecule has 0 bridgehead atoms. The summed E-state index contributed by atoms with van der Waals surface area (Å²) in [6, 6.07) is 0. The molecule has 0 saturated carbocycles. The summed E-state index contributed by atoms with van der Waals surface area (Å²) in [6.45, 7) is 8.02. The average molecular weight is 298 g/mol. The van der Waals surface area contributed by atoms with Gasteiger partial charge in [-0.1, -0.05) is 0 Å². The first-order chi connectivity index (χ1) is 9.50. The van der Waals surface area contributed by atoms with Crippen molar-refractivity contribution in [1.29, 1.82) is 0 Å². The zero-order chi connectivity index (χ0) is 14.6. The molecule has 8 heteroatoms. The Morgan fingerprint density at radius 3 is 2.65 bits per heavy atom. The van der Waals surface area contributed by atoms with Crippen molar-refractivity contribution in [2.75, 3.05) is 55.1 Å². The number of ether oxygens (including phenoxy) is 1. The van der Waals surface area contributed by atoms with E-state index < -0.39 is 0 Å². The monoisotopic (exact) mass is 298 g/mol. The lowest BCUT2D eigenvalue weighted by molar-refractivity contribution is 0.122. The van der Waals surface area contributed by atoms with Gasteiger partial charge in [-0.2, -0.15) is 26.7 Å². The van der Waals surface area contributed by atoms with Gasteiger partial charge in [0.25, 0.3) is 0 Å². The van der Waals surface area contributed by atoms with E-state index in [9.17, 15) is 0 Å². The zero-order valence-electron chi connectivity index (χ0n) is 12.2. The van der Waals surface area contributed by atoms with Crippen LogP contribution in [0.15, 0.2) is 0 Å². The van der Waals surface area contributed by atoms with Gasteiger partial charge in [-0.15, -0.1) is 0 Å². The van der Waals surface area contributed by atoms with Crippen molar-refractivity contribution >= 4 is 29.6 Å². The predicted octanol–water partition coefficient (Wildman–Crippen LogP) is 0.844. The van der Waals surface area contributed by atoms with Crippen molar-refractivity contribution in [3.05, 3.63) is 0 Å². The van der Waals surface area contributed by atoms with E-state index in [4.69, 9.17) is 10.5 Å². The fourth-order valence-electron chi connectivity index (χ4n) is 1.73. The van der Waals surface area contributed by atoms with Gasteiger partial charge in [-0.05, 0) is 20.1 Å². The van der Waals surface area contributed by atoms with Gasteiger partial charge >= 0.3 is 0 Å². The van der Waals surface area contributed by atoms with Gasteiger partial charge in [0, 0.05) is 24.4 Å². The molecule has 0 aliphatic carbocycles. The van der Waals surface area contributed by atoms with Crippen LogP contribution in [0.5, 0.6) is 0 Å². The molecule has 1 fully saturated rings. The van der Waals surface area contributed by atoms with E-state index in [-0.39, 0.29) is 10.7 Å². The number of aromatic nitrogens is 3. The van der Waals surface area contributed by atoms with Crippen molar-refractivity contribution in [2.24, 2.45) is 0 Å². The summed E-state index contributed by atoms with van der Waals surface area (Å²) in [6.07, 6.45) is 2.09. The van der Waals surface area contributed by atoms with Crippen LogP contribution < -0.4 is 16.0 Å². The van der Waals surface area contributed by atoms with Gasteiger partial charge in [-0.3, -0.25) is 0 Å². The number of anilines is 3. The van der Waals surface area contributed by atoms with E-state index in [2.05, 4.69) is 45.3 Å². The number of morpholine rings is 1. The molecule has 20 heavy (non-hydrogen) atoms. The number of hydrogen-bond donors (Lipinski definition) is 2. The predicted molar refractivity (Wildman–Crippen MR) is 83.4 cm³/mol. The fourth-order valence-corrected chi connectivity index (χ4v) is 1.95. The largest absolute Gasteiger partial charge is 0.378 e. The second kappa shape index (κ2) is 6.45. The minimum Gasteiger partial charge on any atom is -0.378 e. The lowest BCUT2D eigenvalue weighted by atomic mass is 10.2. The summed E-state index contributed by atoms with van der Waals surface area (Å²) in [4.78, 5) is 14.9. The normalized spacial score (nSPS) is 16.2.